The van der Waals surface area contributed by atoms with E-state index in [9.17, 15) is 14.4 Å². The number of hydrogen-bond acceptors (Lipinski definition) is 3. The molecule has 0 aliphatic carbocycles. The summed E-state index contributed by atoms with van der Waals surface area (Å²) in [7, 11) is 0. The molecular weight excluding hydrogens is 262 g/mol. The van der Waals surface area contributed by atoms with Crippen molar-refractivity contribution in [1.29, 1.82) is 0 Å². The van der Waals surface area contributed by atoms with Gasteiger partial charge in [0.25, 0.3) is 0 Å². The lowest BCUT2D eigenvalue weighted by Crippen LogP contribution is -2.55. The third kappa shape index (κ3) is 3.85. The lowest BCUT2D eigenvalue weighted by Gasteiger charge is -2.39. The highest BCUT2D eigenvalue weighted by Gasteiger charge is 2.38. The molecule has 3 N–H and O–H groups in total. The Balaban J connectivity index is 2.87. The summed E-state index contributed by atoms with van der Waals surface area (Å²) in [4.78, 5) is 37.6. The molecule has 0 aromatic carbocycles. The summed E-state index contributed by atoms with van der Waals surface area (Å²) in [5, 5.41) is 8.79. The van der Waals surface area contributed by atoms with Crippen molar-refractivity contribution >= 4 is 17.9 Å². The average Bonchev–Trinajstić information content (AvgIpc) is 2.75. The minimum absolute atomic E-state index is 0.111. The van der Waals surface area contributed by atoms with Gasteiger partial charge in [-0.25, -0.2) is 4.79 Å². The molecule has 1 aliphatic heterocycles. The number of nitrogens with zero attached hydrogens (tertiary/aromatic N) is 2. The van der Waals surface area contributed by atoms with E-state index in [1.54, 1.807) is 0 Å². The van der Waals surface area contributed by atoms with Gasteiger partial charge in [0.2, 0.25) is 5.91 Å². The molecule has 0 bridgehead atoms. The second kappa shape index (κ2) is 6.11. The monoisotopic (exact) mass is 285 g/mol. The first kappa shape index (κ1) is 16.3. The zero-order valence-electron chi connectivity index (χ0n) is 12.3. The lowest BCUT2D eigenvalue weighted by atomic mass is 10.1. The van der Waals surface area contributed by atoms with Crippen LogP contribution in [0.25, 0.3) is 0 Å². The van der Waals surface area contributed by atoms with Crippen LogP contribution in [0.4, 0.5) is 4.79 Å². The third-order valence-corrected chi connectivity index (χ3v) is 3.42. The number of primary amides is 1. The zero-order valence-corrected chi connectivity index (χ0v) is 12.3. The first-order chi connectivity index (χ1) is 9.14. The number of aliphatic carboxylic acids is 1. The normalized spacial score (nSPS) is 18.9. The maximum atomic E-state index is 12.6. The van der Waals surface area contributed by atoms with Crippen LogP contribution in [0.2, 0.25) is 0 Å². The number of likely N-dealkylation sites (tertiary alicyclic amines) is 1. The molecule has 3 amide bonds. The van der Waals surface area contributed by atoms with Gasteiger partial charge >= 0.3 is 12.0 Å². The molecule has 0 aromatic rings. The predicted molar refractivity (Wildman–Crippen MR) is 73.0 cm³/mol. The van der Waals surface area contributed by atoms with Crippen LogP contribution in [-0.2, 0) is 9.59 Å². The maximum Gasteiger partial charge on any atom is 0.321 e. The van der Waals surface area contributed by atoms with Crippen LogP contribution in [0.1, 0.15) is 40.0 Å². The number of carbonyl (C=O) groups is 3. The van der Waals surface area contributed by atoms with E-state index in [0.29, 0.717) is 13.0 Å². The Morgan fingerprint density at radius 3 is 2.40 bits per heavy atom. The van der Waals surface area contributed by atoms with Gasteiger partial charge in [-0.15, -0.1) is 0 Å². The van der Waals surface area contributed by atoms with E-state index in [1.165, 1.54) is 9.80 Å². The number of urea groups is 1. The summed E-state index contributed by atoms with van der Waals surface area (Å²) in [6, 6.07) is -0.905. The Labute approximate surface area is 118 Å². The Bertz CT molecular complexity index is 403. The van der Waals surface area contributed by atoms with Crippen LogP contribution in [-0.4, -0.2) is 57.5 Å². The number of carbonyl (C=O) groups excluding carboxylic acids is 2. The van der Waals surface area contributed by atoms with Crippen LogP contribution in [0.15, 0.2) is 0 Å². The first-order valence-corrected chi connectivity index (χ1v) is 6.74. The van der Waals surface area contributed by atoms with Crippen molar-refractivity contribution in [3.63, 3.8) is 0 Å². The van der Waals surface area contributed by atoms with E-state index < -0.39 is 23.5 Å². The molecule has 7 nitrogen and oxygen atoms in total. The van der Waals surface area contributed by atoms with Crippen molar-refractivity contribution in [3.8, 4) is 0 Å². The molecule has 1 unspecified atom stereocenters. The third-order valence-electron chi connectivity index (χ3n) is 3.42. The number of rotatable bonds is 4. The molecule has 114 valence electrons. The van der Waals surface area contributed by atoms with E-state index in [1.807, 2.05) is 20.8 Å². The SMILES string of the molecule is CC(C)(C)N(CCC(=O)O)C(=O)N1CCCC1C(N)=O. The highest BCUT2D eigenvalue weighted by atomic mass is 16.4. The van der Waals surface area contributed by atoms with Gasteiger partial charge in [-0.1, -0.05) is 0 Å². The fraction of sp³-hybridized carbons (Fsp3) is 0.769. The van der Waals surface area contributed by atoms with Crippen LogP contribution < -0.4 is 5.73 Å². The largest absolute Gasteiger partial charge is 0.481 e. The van der Waals surface area contributed by atoms with Gasteiger partial charge in [0.05, 0.1) is 6.42 Å². The first-order valence-electron chi connectivity index (χ1n) is 6.74. The Kier molecular flexibility index (Phi) is 4.97. The molecule has 1 rings (SSSR count). The molecule has 1 aliphatic rings. The van der Waals surface area contributed by atoms with Crippen molar-refractivity contribution in [1.82, 2.24) is 9.80 Å². The van der Waals surface area contributed by atoms with E-state index in [2.05, 4.69) is 0 Å². The molecule has 1 saturated heterocycles. The van der Waals surface area contributed by atoms with Crippen molar-refractivity contribution in [2.24, 2.45) is 5.73 Å². The van der Waals surface area contributed by atoms with E-state index in [-0.39, 0.29) is 19.0 Å². The van der Waals surface area contributed by atoms with Gasteiger partial charge in [0.15, 0.2) is 0 Å². The minimum Gasteiger partial charge on any atom is -0.481 e. The standard InChI is InChI=1S/C13H23N3O4/c1-13(2,3)16(8-6-10(17)18)12(20)15-7-4-5-9(15)11(14)19/h9H,4-8H2,1-3H3,(H2,14,19)(H,17,18). The highest BCUT2D eigenvalue weighted by Crippen LogP contribution is 2.23. The molecule has 0 aromatic heterocycles. The Morgan fingerprint density at radius 2 is 1.95 bits per heavy atom. The molecule has 0 spiro atoms. The number of carboxylic acids is 1. The van der Waals surface area contributed by atoms with Crippen molar-refractivity contribution < 1.29 is 19.5 Å². The quantitative estimate of drug-likeness (QED) is 0.790. The number of amides is 3. The molecule has 7 heteroatoms. The van der Waals surface area contributed by atoms with Crippen LogP contribution in [0.3, 0.4) is 0 Å². The molecule has 1 heterocycles. The van der Waals surface area contributed by atoms with Gasteiger partial charge in [0.1, 0.15) is 6.04 Å². The summed E-state index contributed by atoms with van der Waals surface area (Å²) in [5.74, 6) is -1.47. The number of nitrogens with two attached hydrogens (primary N) is 1. The van der Waals surface area contributed by atoms with Crippen molar-refractivity contribution in [3.05, 3.63) is 0 Å². The van der Waals surface area contributed by atoms with Gasteiger partial charge < -0.3 is 20.6 Å². The summed E-state index contributed by atoms with van der Waals surface area (Å²) in [5.41, 5.74) is 4.80. The fourth-order valence-corrected chi connectivity index (χ4v) is 2.37. The Hall–Kier alpha value is -1.79. The summed E-state index contributed by atoms with van der Waals surface area (Å²) < 4.78 is 0. The molecule has 0 saturated carbocycles. The summed E-state index contributed by atoms with van der Waals surface area (Å²) >= 11 is 0. The van der Waals surface area contributed by atoms with Crippen molar-refractivity contribution in [2.75, 3.05) is 13.1 Å². The van der Waals surface area contributed by atoms with Gasteiger partial charge in [-0.3, -0.25) is 9.59 Å². The van der Waals surface area contributed by atoms with Crippen LogP contribution in [0.5, 0.6) is 0 Å². The molecule has 0 radical (unpaired) electrons. The van der Waals surface area contributed by atoms with Crippen LogP contribution >= 0.6 is 0 Å². The zero-order chi connectivity index (χ0) is 15.5. The summed E-state index contributed by atoms with van der Waals surface area (Å²) in [6.45, 7) is 6.10. The summed E-state index contributed by atoms with van der Waals surface area (Å²) in [6.07, 6.45) is 1.17. The van der Waals surface area contributed by atoms with Gasteiger partial charge in [-0.2, -0.15) is 0 Å². The molecule has 20 heavy (non-hydrogen) atoms. The van der Waals surface area contributed by atoms with E-state index in [4.69, 9.17) is 10.8 Å². The lowest BCUT2D eigenvalue weighted by molar-refractivity contribution is -0.137. The minimum atomic E-state index is -0.958. The molecule has 1 atom stereocenters. The van der Waals surface area contributed by atoms with Gasteiger partial charge in [-0.05, 0) is 33.6 Å². The highest BCUT2D eigenvalue weighted by molar-refractivity contribution is 5.87. The van der Waals surface area contributed by atoms with E-state index in [0.717, 1.165) is 6.42 Å². The second-order valence-corrected chi connectivity index (χ2v) is 6.00. The maximum absolute atomic E-state index is 12.6. The topological polar surface area (TPSA) is 104 Å². The van der Waals surface area contributed by atoms with Crippen LogP contribution in [0, 0.1) is 0 Å². The molecular formula is C13H23N3O4. The van der Waals surface area contributed by atoms with Gasteiger partial charge in [0, 0.05) is 18.6 Å². The fourth-order valence-electron chi connectivity index (χ4n) is 2.37. The Morgan fingerprint density at radius 1 is 1.35 bits per heavy atom. The second-order valence-electron chi connectivity index (χ2n) is 6.00. The average molecular weight is 285 g/mol. The predicted octanol–water partition coefficient (Wildman–Crippen LogP) is 0.631. The number of carboxylic acid groups (broad SMARTS) is 1. The number of hydrogen-bond donors (Lipinski definition) is 2. The smallest absolute Gasteiger partial charge is 0.321 e. The molecule has 1 fully saturated rings. The van der Waals surface area contributed by atoms with E-state index >= 15 is 0 Å². The van der Waals surface area contributed by atoms with Crippen molar-refractivity contribution in [2.45, 2.75) is 51.6 Å².